The van der Waals surface area contributed by atoms with E-state index in [4.69, 9.17) is 0 Å². The highest BCUT2D eigenvalue weighted by Crippen LogP contribution is 2.28. The van der Waals surface area contributed by atoms with E-state index in [9.17, 15) is 13.2 Å². The van der Waals surface area contributed by atoms with Gasteiger partial charge in [0, 0.05) is 56.1 Å². The predicted octanol–water partition coefficient (Wildman–Crippen LogP) is 4.66. The van der Waals surface area contributed by atoms with Crippen LogP contribution in [0.1, 0.15) is 24.0 Å². The lowest BCUT2D eigenvalue weighted by atomic mass is 9.95. The molecule has 0 aliphatic carbocycles. The first-order valence-electron chi connectivity index (χ1n) is 10.9. The highest BCUT2D eigenvalue weighted by Gasteiger charge is 2.27. The fourth-order valence-corrected chi connectivity index (χ4v) is 4.65. The Hall–Kier alpha value is -3.13. The second-order valence-corrected chi connectivity index (χ2v) is 8.35. The lowest BCUT2D eigenvalue weighted by molar-refractivity contribution is 0.153. The van der Waals surface area contributed by atoms with Crippen molar-refractivity contribution in [3.8, 4) is 0 Å². The first-order valence-corrected chi connectivity index (χ1v) is 10.9. The number of aromatic nitrogens is 2. The molecule has 3 aromatic rings. The normalized spacial score (nSPS) is 17.3. The lowest BCUT2D eigenvalue weighted by Crippen LogP contribution is -2.46. The van der Waals surface area contributed by atoms with Crippen LogP contribution in [0.25, 0.3) is 0 Å². The Bertz CT molecular complexity index is 1090. The maximum absolute atomic E-state index is 13.5. The number of halogens is 3. The molecule has 0 atom stereocenters. The quantitative estimate of drug-likeness (QED) is 0.599. The molecular weight excluding hydrogens is 415 g/mol. The standard InChI is InChI=1S/C24H24F3N5/c25-20-11-18(12-21(26)24(20)27)30-22-13-23(29-15-28-22)31-9-6-19(7-10-31)32-8-5-16-3-1-2-4-17(16)14-32/h1-4,11-13,15,19H,5-10,14H2,(H,28,29,30). The van der Waals surface area contributed by atoms with Gasteiger partial charge in [-0.15, -0.1) is 0 Å². The molecule has 1 saturated heterocycles. The molecule has 0 spiro atoms. The molecule has 0 radical (unpaired) electrons. The van der Waals surface area contributed by atoms with E-state index < -0.39 is 17.5 Å². The Morgan fingerprint density at radius 3 is 2.34 bits per heavy atom. The van der Waals surface area contributed by atoms with Gasteiger partial charge in [0.2, 0.25) is 0 Å². The van der Waals surface area contributed by atoms with Crippen molar-refractivity contribution in [3.05, 3.63) is 77.4 Å². The average molecular weight is 439 g/mol. The molecule has 166 valence electrons. The van der Waals surface area contributed by atoms with Crippen LogP contribution in [0.4, 0.5) is 30.5 Å². The van der Waals surface area contributed by atoms with Crippen LogP contribution in [0.5, 0.6) is 0 Å². The molecule has 0 saturated carbocycles. The summed E-state index contributed by atoms with van der Waals surface area (Å²) >= 11 is 0. The monoisotopic (exact) mass is 439 g/mol. The Balaban J connectivity index is 1.22. The average Bonchev–Trinajstić information content (AvgIpc) is 2.82. The highest BCUT2D eigenvalue weighted by atomic mass is 19.2. The van der Waals surface area contributed by atoms with Crippen molar-refractivity contribution in [2.75, 3.05) is 29.9 Å². The molecule has 2 aliphatic heterocycles. The van der Waals surface area contributed by atoms with Crippen molar-refractivity contribution in [1.82, 2.24) is 14.9 Å². The summed E-state index contributed by atoms with van der Waals surface area (Å²) < 4.78 is 40.2. The van der Waals surface area contributed by atoms with Gasteiger partial charge >= 0.3 is 0 Å². The third-order valence-corrected chi connectivity index (χ3v) is 6.37. The number of hydrogen-bond acceptors (Lipinski definition) is 5. The minimum Gasteiger partial charge on any atom is -0.356 e. The molecule has 1 fully saturated rings. The highest BCUT2D eigenvalue weighted by molar-refractivity contribution is 5.59. The zero-order valence-electron chi connectivity index (χ0n) is 17.6. The molecule has 0 amide bonds. The SMILES string of the molecule is Fc1cc(Nc2cc(N3CCC(N4CCc5ccccc5C4)CC3)ncn2)cc(F)c1F. The fraction of sp³-hybridized carbons (Fsp3) is 0.333. The minimum absolute atomic E-state index is 0.0927. The molecule has 2 aliphatic rings. The maximum Gasteiger partial charge on any atom is 0.194 e. The second kappa shape index (κ2) is 8.78. The first-order chi connectivity index (χ1) is 15.6. The molecule has 1 N–H and O–H groups in total. The van der Waals surface area contributed by atoms with Crippen LogP contribution in [0, 0.1) is 17.5 Å². The molecule has 5 nitrogen and oxygen atoms in total. The summed E-state index contributed by atoms with van der Waals surface area (Å²) in [7, 11) is 0. The number of hydrogen-bond donors (Lipinski definition) is 1. The number of nitrogens with one attached hydrogen (secondary N) is 1. The van der Waals surface area contributed by atoms with Gasteiger partial charge in [0.15, 0.2) is 17.5 Å². The van der Waals surface area contributed by atoms with E-state index in [1.165, 1.54) is 17.5 Å². The van der Waals surface area contributed by atoms with Crippen molar-refractivity contribution in [2.24, 2.45) is 0 Å². The van der Waals surface area contributed by atoms with Gasteiger partial charge in [-0.1, -0.05) is 24.3 Å². The molecule has 3 heterocycles. The number of benzene rings is 2. The lowest BCUT2D eigenvalue weighted by Gasteiger charge is -2.41. The van der Waals surface area contributed by atoms with Gasteiger partial charge in [-0.05, 0) is 30.4 Å². The summed E-state index contributed by atoms with van der Waals surface area (Å²) in [5.74, 6) is -2.82. The summed E-state index contributed by atoms with van der Waals surface area (Å²) in [4.78, 5) is 13.3. The van der Waals surface area contributed by atoms with Crippen LogP contribution in [-0.2, 0) is 13.0 Å². The molecular formula is C24H24F3N5. The zero-order chi connectivity index (χ0) is 22.1. The van der Waals surface area contributed by atoms with Crippen LogP contribution in [0.3, 0.4) is 0 Å². The number of nitrogens with zero attached hydrogens (tertiary/aromatic N) is 4. The van der Waals surface area contributed by atoms with E-state index in [0.29, 0.717) is 11.9 Å². The largest absolute Gasteiger partial charge is 0.356 e. The van der Waals surface area contributed by atoms with Crippen molar-refractivity contribution >= 4 is 17.3 Å². The van der Waals surface area contributed by atoms with Crippen LogP contribution in [0.15, 0.2) is 48.8 Å². The minimum atomic E-state index is -1.49. The van der Waals surface area contributed by atoms with Gasteiger partial charge in [-0.2, -0.15) is 0 Å². The maximum atomic E-state index is 13.5. The zero-order valence-corrected chi connectivity index (χ0v) is 17.6. The van der Waals surface area contributed by atoms with E-state index in [0.717, 1.165) is 63.4 Å². The van der Waals surface area contributed by atoms with E-state index in [-0.39, 0.29) is 5.69 Å². The van der Waals surface area contributed by atoms with Gasteiger partial charge in [0.05, 0.1) is 0 Å². The van der Waals surface area contributed by atoms with Gasteiger partial charge in [0.25, 0.3) is 0 Å². The number of piperidine rings is 1. The van der Waals surface area contributed by atoms with Gasteiger partial charge < -0.3 is 10.2 Å². The van der Waals surface area contributed by atoms with E-state index in [1.54, 1.807) is 6.07 Å². The number of rotatable bonds is 4. The second-order valence-electron chi connectivity index (χ2n) is 8.35. The summed E-state index contributed by atoms with van der Waals surface area (Å²) in [5.41, 5.74) is 2.99. The van der Waals surface area contributed by atoms with Crippen LogP contribution in [0.2, 0.25) is 0 Å². The van der Waals surface area contributed by atoms with Crippen LogP contribution in [-0.4, -0.2) is 40.5 Å². The Kier molecular flexibility index (Phi) is 5.70. The summed E-state index contributed by atoms with van der Waals surface area (Å²) in [6.45, 7) is 3.85. The molecule has 32 heavy (non-hydrogen) atoms. The summed E-state index contributed by atoms with van der Waals surface area (Å²) in [6.07, 6.45) is 4.61. The number of anilines is 3. The molecule has 1 aromatic heterocycles. The Morgan fingerprint density at radius 2 is 1.59 bits per heavy atom. The van der Waals surface area contributed by atoms with Crippen molar-refractivity contribution in [2.45, 2.75) is 31.8 Å². The Morgan fingerprint density at radius 1 is 0.875 bits per heavy atom. The fourth-order valence-electron chi connectivity index (χ4n) is 4.65. The third kappa shape index (κ3) is 4.27. The summed E-state index contributed by atoms with van der Waals surface area (Å²) in [6, 6.07) is 12.8. The predicted molar refractivity (Wildman–Crippen MR) is 117 cm³/mol. The first kappa shape index (κ1) is 20.8. The molecule has 8 heteroatoms. The van der Waals surface area contributed by atoms with Crippen LogP contribution >= 0.6 is 0 Å². The van der Waals surface area contributed by atoms with E-state index in [2.05, 4.69) is 49.4 Å². The van der Waals surface area contributed by atoms with Crippen LogP contribution < -0.4 is 10.2 Å². The number of fused-ring (bicyclic) bond motifs is 1. The third-order valence-electron chi connectivity index (χ3n) is 6.37. The van der Waals surface area contributed by atoms with E-state index in [1.807, 2.05) is 0 Å². The molecule has 5 rings (SSSR count). The topological polar surface area (TPSA) is 44.3 Å². The van der Waals surface area contributed by atoms with Crippen molar-refractivity contribution < 1.29 is 13.2 Å². The Labute approximate surface area is 184 Å². The molecule has 2 aromatic carbocycles. The van der Waals surface area contributed by atoms with Gasteiger partial charge in [0.1, 0.15) is 18.0 Å². The van der Waals surface area contributed by atoms with Gasteiger partial charge in [-0.25, -0.2) is 23.1 Å². The molecule has 0 unspecified atom stereocenters. The van der Waals surface area contributed by atoms with Crippen molar-refractivity contribution in [3.63, 3.8) is 0 Å². The van der Waals surface area contributed by atoms with Crippen molar-refractivity contribution in [1.29, 1.82) is 0 Å². The van der Waals surface area contributed by atoms with Gasteiger partial charge in [-0.3, -0.25) is 4.90 Å². The molecule has 0 bridgehead atoms. The van der Waals surface area contributed by atoms with E-state index >= 15 is 0 Å². The smallest absolute Gasteiger partial charge is 0.194 e. The summed E-state index contributed by atoms with van der Waals surface area (Å²) in [5, 5.41) is 2.83.